The van der Waals surface area contributed by atoms with Crippen LogP contribution >= 0.6 is 0 Å². The summed E-state index contributed by atoms with van der Waals surface area (Å²) >= 11 is 0. The Balaban J connectivity index is 5.72. The molecule has 0 aromatic heterocycles. The van der Waals surface area contributed by atoms with Gasteiger partial charge in [-0.15, -0.1) is 0 Å². The number of nitriles is 5. The van der Waals surface area contributed by atoms with Crippen LogP contribution in [0.5, 0.6) is 0 Å². The Labute approximate surface area is 106 Å². The molecule has 0 amide bonds. The molecule has 18 heavy (non-hydrogen) atoms. The summed E-state index contributed by atoms with van der Waals surface area (Å²) < 4.78 is 0. The summed E-state index contributed by atoms with van der Waals surface area (Å²) in [6.07, 6.45) is -1.56. The lowest BCUT2D eigenvalue weighted by atomic mass is 9.63. The minimum atomic E-state index is -1.82. The summed E-state index contributed by atoms with van der Waals surface area (Å²) in [5.41, 5.74) is -3.19. The van der Waals surface area contributed by atoms with Gasteiger partial charge >= 0.3 is 0 Å². The van der Waals surface area contributed by atoms with Crippen LogP contribution in [-0.4, -0.2) is 10.7 Å². The van der Waals surface area contributed by atoms with E-state index in [-0.39, 0.29) is 19.3 Å². The predicted molar refractivity (Wildman–Crippen MR) is 58.5 cm³/mol. The molecule has 0 saturated heterocycles. The molecule has 0 radical (unpaired) electrons. The number of rotatable bonds is 6. The average Bonchev–Trinajstić information content (AvgIpc) is 2.30. The van der Waals surface area contributed by atoms with Crippen molar-refractivity contribution in [3.8, 4) is 30.3 Å². The zero-order valence-electron chi connectivity index (χ0n) is 9.72. The highest BCUT2D eigenvalue weighted by molar-refractivity contribution is 5.14. The molecular weight excluding hydrogens is 230 g/mol. The van der Waals surface area contributed by atoms with Crippen molar-refractivity contribution in [1.29, 1.82) is 26.3 Å². The van der Waals surface area contributed by atoms with Gasteiger partial charge in [0.15, 0.2) is 0 Å². The van der Waals surface area contributed by atoms with Crippen LogP contribution in [0.2, 0.25) is 0 Å². The first-order valence-corrected chi connectivity index (χ1v) is 5.13. The molecule has 0 atom stereocenters. The van der Waals surface area contributed by atoms with Gasteiger partial charge in [-0.3, -0.25) is 0 Å². The van der Waals surface area contributed by atoms with Crippen molar-refractivity contribution in [2.75, 3.05) is 0 Å². The second-order valence-electron chi connectivity index (χ2n) is 3.99. The Morgan fingerprint density at radius 2 is 0.889 bits per heavy atom. The lowest BCUT2D eigenvalue weighted by Gasteiger charge is -2.41. The standard InChI is InChI=1S/C12H11N5O/c13-6-1-11(2-7-14,3-8-15)12(18,4-9-16)5-10-17/h18H,1-5H2. The number of hydrogen-bond acceptors (Lipinski definition) is 6. The molecule has 0 aromatic rings. The Morgan fingerprint density at radius 1 is 0.611 bits per heavy atom. The molecule has 0 heterocycles. The molecule has 0 spiro atoms. The summed E-state index contributed by atoms with van der Waals surface area (Å²) in [7, 11) is 0. The minimum absolute atomic E-state index is 0.256. The Kier molecular flexibility index (Phi) is 5.89. The van der Waals surface area contributed by atoms with Crippen molar-refractivity contribution >= 4 is 0 Å². The van der Waals surface area contributed by atoms with Crippen LogP contribution in [0.25, 0.3) is 0 Å². The van der Waals surface area contributed by atoms with E-state index in [1.807, 2.05) is 18.2 Å². The van der Waals surface area contributed by atoms with E-state index in [1.54, 1.807) is 12.1 Å². The normalized spacial score (nSPS) is 10.2. The lowest BCUT2D eigenvalue weighted by molar-refractivity contribution is -0.0729. The molecule has 0 rings (SSSR count). The van der Waals surface area contributed by atoms with Gasteiger partial charge in [-0.05, 0) is 0 Å². The van der Waals surface area contributed by atoms with Gasteiger partial charge in [0.1, 0.15) is 0 Å². The third-order valence-electron chi connectivity index (χ3n) is 2.98. The zero-order valence-corrected chi connectivity index (χ0v) is 9.72. The van der Waals surface area contributed by atoms with Gasteiger partial charge in [0.05, 0.1) is 48.8 Å². The Bertz CT molecular complexity index is 434. The summed E-state index contributed by atoms with van der Waals surface area (Å²) in [6.45, 7) is 0. The third kappa shape index (κ3) is 2.96. The molecule has 6 heteroatoms. The summed E-state index contributed by atoms with van der Waals surface area (Å²) in [4.78, 5) is 0. The van der Waals surface area contributed by atoms with Crippen LogP contribution in [0, 0.1) is 62.1 Å². The van der Waals surface area contributed by atoms with Crippen LogP contribution in [0.3, 0.4) is 0 Å². The van der Waals surface area contributed by atoms with E-state index in [4.69, 9.17) is 26.3 Å². The molecule has 0 aliphatic carbocycles. The first kappa shape index (κ1) is 15.4. The van der Waals surface area contributed by atoms with Gasteiger partial charge in [-0.2, -0.15) is 26.3 Å². The van der Waals surface area contributed by atoms with Crippen molar-refractivity contribution in [1.82, 2.24) is 0 Å². The van der Waals surface area contributed by atoms with E-state index in [2.05, 4.69) is 0 Å². The quantitative estimate of drug-likeness (QED) is 0.742. The molecule has 0 fully saturated rings. The van der Waals surface area contributed by atoms with Gasteiger partial charge in [-0.1, -0.05) is 0 Å². The first-order valence-electron chi connectivity index (χ1n) is 5.13. The summed E-state index contributed by atoms with van der Waals surface area (Å²) in [5.74, 6) is 0. The SMILES string of the molecule is N#CCC(O)(CC#N)C(CC#N)(CC#N)CC#N. The lowest BCUT2D eigenvalue weighted by Crippen LogP contribution is -2.47. The average molecular weight is 241 g/mol. The van der Waals surface area contributed by atoms with E-state index in [0.29, 0.717) is 0 Å². The maximum atomic E-state index is 10.4. The minimum Gasteiger partial charge on any atom is -0.387 e. The summed E-state index contributed by atoms with van der Waals surface area (Å²) in [6, 6.07) is 8.95. The molecule has 90 valence electrons. The molecular formula is C12H11N5O. The second-order valence-corrected chi connectivity index (χ2v) is 3.99. The maximum Gasteiger partial charge on any atom is 0.0991 e. The van der Waals surface area contributed by atoms with E-state index < -0.39 is 23.9 Å². The Morgan fingerprint density at radius 3 is 1.11 bits per heavy atom. The van der Waals surface area contributed by atoms with E-state index in [9.17, 15) is 5.11 Å². The highest BCUT2D eigenvalue weighted by Gasteiger charge is 2.50. The topological polar surface area (TPSA) is 139 Å². The molecule has 0 aliphatic rings. The van der Waals surface area contributed by atoms with Crippen LogP contribution < -0.4 is 0 Å². The maximum absolute atomic E-state index is 10.4. The van der Waals surface area contributed by atoms with Crippen molar-refractivity contribution < 1.29 is 5.11 Å². The Hall–Kier alpha value is -2.59. The van der Waals surface area contributed by atoms with Crippen LogP contribution in [0.1, 0.15) is 32.1 Å². The summed E-state index contributed by atoms with van der Waals surface area (Å²) in [5, 5.41) is 54.3. The largest absolute Gasteiger partial charge is 0.387 e. The highest BCUT2D eigenvalue weighted by atomic mass is 16.3. The molecule has 0 saturated carbocycles. The van der Waals surface area contributed by atoms with E-state index >= 15 is 0 Å². The van der Waals surface area contributed by atoms with Crippen molar-refractivity contribution in [2.24, 2.45) is 5.41 Å². The monoisotopic (exact) mass is 241 g/mol. The fourth-order valence-electron chi connectivity index (χ4n) is 1.83. The van der Waals surface area contributed by atoms with Crippen LogP contribution in [-0.2, 0) is 0 Å². The zero-order chi connectivity index (χ0) is 14.1. The molecule has 0 unspecified atom stereocenters. The second kappa shape index (κ2) is 6.88. The number of hydrogen-bond donors (Lipinski definition) is 1. The van der Waals surface area contributed by atoms with Crippen LogP contribution in [0.15, 0.2) is 0 Å². The van der Waals surface area contributed by atoms with Crippen LogP contribution in [0.4, 0.5) is 0 Å². The molecule has 6 nitrogen and oxygen atoms in total. The number of nitrogens with zero attached hydrogens (tertiary/aromatic N) is 5. The molecule has 0 aromatic carbocycles. The van der Waals surface area contributed by atoms with E-state index in [1.165, 1.54) is 0 Å². The van der Waals surface area contributed by atoms with Crippen molar-refractivity contribution in [2.45, 2.75) is 37.7 Å². The van der Waals surface area contributed by atoms with Gasteiger partial charge < -0.3 is 5.11 Å². The smallest absolute Gasteiger partial charge is 0.0991 e. The fraction of sp³-hybridized carbons (Fsp3) is 0.583. The fourth-order valence-corrected chi connectivity index (χ4v) is 1.83. The highest BCUT2D eigenvalue weighted by Crippen LogP contribution is 2.45. The van der Waals surface area contributed by atoms with Gasteiger partial charge in [0, 0.05) is 24.7 Å². The molecule has 1 N–H and O–H groups in total. The van der Waals surface area contributed by atoms with E-state index in [0.717, 1.165) is 0 Å². The predicted octanol–water partition coefficient (Wildman–Crippen LogP) is 1.27. The number of aliphatic hydroxyl groups is 1. The molecule has 0 aliphatic heterocycles. The van der Waals surface area contributed by atoms with Gasteiger partial charge in [0.2, 0.25) is 0 Å². The van der Waals surface area contributed by atoms with Gasteiger partial charge in [0.25, 0.3) is 0 Å². The molecule has 0 bridgehead atoms. The van der Waals surface area contributed by atoms with Crippen molar-refractivity contribution in [3.05, 3.63) is 0 Å². The third-order valence-corrected chi connectivity index (χ3v) is 2.98. The first-order chi connectivity index (χ1) is 8.55. The van der Waals surface area contributed by atoms with Gasteiger partial charge in [-0.25, -0.2) is 0 Å². The van der Waals surface area contributed by atoms with Crippen molar-refractivity contribution in [3.63, 3.8) is 0 Å².